The molecule has 2 rings (SSSR count). The standard InChI is InChI=1S/C15H17ClO2/c1-12-11-14(16)8-7-13(12)5-4-10-18-15-6-2-3-9-17-15/h7-8,11,15H,2-3,6,9-10H2,1H3. The van der Waals surface area contributed by atoms with Gasteiger partial charge in [-0.3, -0.25) is 0 Å². The van der Waals surface area contributed by atoms with Crippen molar-refractivity contribution in [2.24, 2.45) is 0 Å². The summed E-state index contributed by atoms with van der Waals surface area (Å²) in [4.78, 5) is 0. The molecule has 1 heterocycles. The van der Waals surface area contributed by atoms with E-state index in [0.717, 1.165) is 35.6 Å². The first kappa shape index (κ1) is 13.4. The molecule has 1 aliphatic rings. The minimum Gasteiger partial charge on any atom is -0.353 e. The molecule has 1 aromatic carbocycles. The number of ether oxygens (including phenoxy) is 2. The van der Waals surface area contributed by atoms with Gasteiger partial charge < -0.3 is 9.47 Å². The number of hydrogen-bond acceptors (Lipinski definition) is 2. The first-order valence-electron chi connectivity index (χ1n) is 6.24. The van der Waals surface area contributed by atoms with Gasteiger partial charge in [-0.15, -0.1) is 0 Å². The molecular weight excluding hydrogens is 248 g/mol. The Kier molecular flexibility index (Phi) is 5.07. The molecule has 2 nitrogen and oxygen atoms in total. The van der Waals surface area contributed by atoms with Crippen molar-refractivity contribution in [1.29, 1.82) is 0 Å². The van der Waals surface area contributed by atoms with Crippen LogP contribution >= 0.6 is 11.6 Å². The predicted octanol–water partition coefficient (Wildman–Crippen LogP) is 3.54. The third-order valence-corrected chi connectivity index (χ3v) is 3.13. The van der Waals surface area contributed by atoms with Crippen LogP contribution in [-0.2, 0) is 9.47 Å². The second-order valence-corrected chi connectivity index (χ2v) is 4.80. The topological polar surface area (TPSA) is 18.5 Å². The summed E-state index contributed by atoms with van der Waals surface area (Å²) in [5, 5.41) is 0.741. The highest BCUT2D eigenvalue weighted by molar-refractivity contribution is 6.30. The van der Waals surface area contributed by atoms with Crippen LogP contribution in [0.15, 0.2) is 18.2 Å². The molecule has 0 amide bonds. The largest absolute Gasteiger partial charge is 0.353 e. The molecule has 0 aliphatic carbocycles. The Morgan fingerprint density at radius 3 is 3.06 bits per heavy atom. The number of benzene rings is 1. The van der Waals surface area contributed by atoms with Gasteiger partial charge in [-0.1, -0.05) is 23.4 Å². The lowest BCUT2D eigenvalue weighted by atomic mass is 10.1. The van der Waals surface area contributed by atoms with Crippen LogP contribution in [0, 0.1) is 18.8 Å². The molecule has 3 heteroatoms. The van der Waals surface area contributed by atoms with Crippen molar-refractivity contribution in [2.75, 3.05) is 13.2 Å². The van der Waals surface area contributed by atoms with Crippen LogP contribution in [0.25, 0.3) is 0 Å². The second kappa shape index (κ2) is 6.80. The highest BCUT2D eigenvalue weighted by Gasteiger charge is 2.12. The third kappa shape index (κ3) is 4.03. The van der Waals surface area contributed by atoms with Crippen LogP contribution in [0.3, 0.4) is 0 Å². The molecule has 0 spiro atoms. The monoisotopic (exact) mass is 264 g/mol. The van der Waals surface area contributed by atoms with Crippen molar-refractivity contribution in [3.05, 3.63) is 34.3 Å². The lowest BCUT2D eigenvalue weighted by Gasteiger charge is -2.21. The van der Waals surface area contributed by atoms with Crippen LogP contribution in [0.4, 0.5) is 0 Å². The van der Waals surface area contributed by atoms with E-state index < -0.39 is 0 Å². The van der Waals surface area contributed by atoms with E-state index in [0.29, 0.717) is 6.61 Å². The highest BCUT2D eigenvalue weighted by Crippen LogP contribution is 2.15. The first-order chi connectivity index (χ1) is 8.75. The first-order valence-corrected chi connectivity index (χ1v) is 6.62. The lowest BCUT2D eigenvalue weighted by Crippen LogP contribution is -2.22. The van der Waals surface area contributed by atoms with Gasteiger partial charge in [0.05, 0.1) is 0 Å². The Morgan fingerprint density at radius 2 is 2.33 bits per heavy atom. The normalized spacial score (nSPS) is 19.1. The SMILES string of the molecule is Cc1cc(Cl)ccc1C#CCOC1CCCCO1. The molecular formula is C15H17ClO2. The Bertz CT molecular complexity index is 453. The zero-order valence-electron chi connectivity index (χ0n) is 10.5. The van der Waals surface area contributed by atoms with Gasteiger partial charge in [-0.2, -0.15) is 0 Å². The maximum atomic E-state index is 5.89. The molecule has 18 heavy (non-hydrogen) atoms. The highest BCUT2D eigenvalue weighted by atomic mass is 35.5. The summed E-state index contributed by atoms with van der Waals surface area (Å²) >= 11 is 5.89. The summed E-state index contributed by atoms with van der Waals surface area (Å²) in [7, 11) is 0. The fourth-order valence-corrected chi connectivity index (χ4v) is 2.10. The summed E-state index contributed by atoms with van der Waals surface area (Å²) in [6.45, 7) is 3.21. The predicted molar refractivity (Wildman–Crippen MR) is 72.6 cm³/mol. The van der Waals surface area contributed by atoms with E-state index in [4.69, 9.17) is 21.1 Å². The molecule has 1 aromatic rings. The average Bonchev–Trinajstić information content (AvgIpc) is 2.38. The van der Waals surface area contributed by atoms with Crippen LogP contribution in [0.5, 0.6) is 0 Å². The molecule has 96 valence electrons. The van der Waals surface area contributed by atoms with E-state index in [1.807, 2.05) is 25.1 Å². The Balaban J connectivity index is 1.84. The number of aryl methyl sites for hydroxylation is 1. The Hall–Kier alpha value is -1.01. The molecule has 1 aliphatic heterocycles. The second-order valence-electron chi connectivity index (χ2n) is 4.37. The van der Waals surface area contributed by atoms with Gasteiger partial charge in [-0.05, 0) is 49.9 Å². The van der Waals surface area contributed by atoms with E-state index in [1.54, 1.807) is 0 Å². The van der Waals surface area contributed by atoms with E-state index in [-0.39, 0.29) is 6.29 Å². The van der Waals surface area contributed by atoms with Crippen molar-refractivity contribution in [3.63, 3.8) is 0 Å². The fraction of sp³-hybridized carbons (Fsp3) is 0.467. The van der Waals surface area contributed by atoms with Crippen molar-refractivity contribution in [2.45, 2.75) is 32.5 Å². The third-order valence-electron chi connectivity index (χ3n) is 2.89. The van der Waals surface area contributed by atoms with Crippen LogP contribution < -0.4 is 0 Å². The summed E-state index contributed by atoms with van der Waals surface area (Å²) in [5.41, 5.74) is 2.08. The van der Waals surface area contributed by atoms with Gasteiger partial charge >= 0.3 is 0 Å². The van der Waals surface area contributed by atoms with Crippen LogP contribution in [0.2, 0.25) is 5.02 Å². The van der Waals surface area contributed by atoms with E-state index in [2.05, 4.69) is 11.8 Å². The van der Waals surface area contributed by atoms with Gasteiger partial charge in [-0.25, -0.2) is 0 Å². The quantitative estimate of drug-likeness (QED) is 0.761. The van der Waals surface area contributed by atoms with Gasteiger partial charge in [0.25, 0.3) is 0 Å². The fourth-order valence-electron chi connectivity index (χ4n) is 1.88. The molecule has 0 aromatic heterocycles. The number of halogens is 1. The van der Waals surface area contributed by atoms with E-state index in [9.17, 15) is 0 Å². The zero-order valence-corrected chi connectivity index (χ0v) is 11.3. The minimum atomic E-state index is -0.0700. The van der Waals surface area contributed by atoms with Crippen molar-refractivity contribution in [1.82, 2.24) is 0 Å². The maximum absolute atomic E-state index is 5.89. The molecule has 1 unspecified atom stereocenters. The Labute approximate surface area is 113 Å². The lowest BCUT2D eigenvalue weighted by molar-refractivity contribution is -0.154. The molecule has 0 N–H and O–H groups in total. The number of hydrogen-bond donors (Lipinski definition) is 0. The molecule has 0 bridgehead atoms. The smallest absolute Gasteiger partial charge is 0.158 e. The van der Waals surface area contributed by atoms with Gasteiger partial charge in [0.1, 0.15) is 6.61 Å². The zero-order chi connectivity index (χ0) is 12.8. The van der Waals surface area contributed by atoms with Crippen LogP contribution in [0.1, 0.15) is 30.4 Å². The maximum Gasteiger partial charge on any atom is 0.158 e. The van der Waals surface area contributed by atoms with E-state index >= 15 is 0 Å². The molecule has 1 fully saturated rings. The summed E-state index contributed by atoms with van der Waals surface area (Å²) in [6.07, 6.45) is 3.21. The van der Waals surface area contributed by atoms with Crippen molar-refractivity contribution in [3.8, 4) is 11.8 Å². The minimum absolute atomic E-state index is 0.0700. The van der Waals surface area contributed by atoms with Gasteiger partial charge in [0.15, 0.2) is 6.29 Å². The molecule has 0 saturated carbocycles. The van der Waals surface area contributed by atoms with Crippen LogP contribution in [-0.4, -0.2) is 19.5 Å². The summed E-state index contributed by atoms with van der Waals surface area (Å²) < 4.78 is 11.0. The summed E-state index contributed by atoms with van der Waals surface area (Å²) in [6, 6.07) is 5.70. The van der Waals surface area contributed by atoms with Gasteiger partial charge in [0, 0.05) is 17.2 Å². The average molecular weight is 265 g/mol. The van der Waals surface area contributed by atoms with Crippen molar-refractivity contribution >= 4 is 11.6 Å². The molecule has 1 atom stereocenters. The number of rotatable bonds is 2. The van der Waals surface area contributed by atoms with Gasteiger partial charge in [0.2, 0.25) is 0 Å². The Morgan fingerprint density at radius 1 is 1.44 bits per heavy atom. The molecule has 0 radical (unpaired) electrons. The van der Waals surface area contributed by atoms with Crippen molar-refractivity contribution < 1.29 is 9.47 Å². The van der Waals surface area contributed by atoms with E-state index in [1.165, 1.54) is 6.42 Å². The molecule has 1 saturated heterocycles. The summed E-state index contributed by atoms with van der Waals surface area (Å²) in [5.74, 6) is 6.10.